The molecule has 0 aromatic carbocycles. The van der Waals surface area contributed by atoms with Crippen LogP contribution in [0.25, 0.3) is 11.0 Å². The predicted octanol–water partition coefficient (Wildman–Crippen LogP) is 1.96. The van der Waals surface area contributed by atoms with E-state index in [2.05, 4.69) is 25.8 Å². The van der Waals surface area contributed by atoms with Gasteiger partial charge >= 0.3 is 0 Å². The van der Waals surface area contributed by atoms with Gasteiger partial charge in [0.05, 0.1) is 11.7 Å². The van der Waals surface area contributed by atoms with Crippen molar-refractivity contribution in [1.29, 1.82) is 0 Å². The summed E-state index contributed by atoms with van der Waals surface area (Å²) in [5, 5.41) is 10.3. The maximum absolute atomic E-state index is 12.8. The van der Waals surface area contributed by atoms with Gasteiger partial charge in [-0.15, -0.1) is 0 Å². The van der Waals surface area contributed by atoms with Crippen LogP contribution in [-0.2, 0) is 17.3 Å². The van der Waals surface area contributed by atoms with Gasteiger partial charge < -0.3 is 14.6 Å². The average molecular weight is 343 g/mol. The largest absolute Gasteiger partial charge is 0.391 e. The van der Waals surface area contributed by atoms with Gasteiger partial charge in [0.2, 0.25) is 0 Å². The molecule has 0 radical (unpaired) electrons. The molecule has 1 atom stereocenters. The lowest BCUT2D eigenvalue weighted by atomic mass is 9.85. The number of ketones is 1. The molecule has 1 unspecified atom stereocenters. The van der Waals surface area contributed by atoms with Gasteiger partial charge in [-0.05, 0) is 30.4 Å². The van der Waals surface area contributed by atoms with Crippen molar-refractivity contribution in [1.82, 2.24) is 14.5 Å². The number of β-amino-alcohol motifs (C(OH)–C–C–N with tert-alkyl or cyclic N) is 1. The van der Waals surface area contributed by atoms with E-state index in [0.717, 1.165) is 11.3 Å². The van der Waals surface area contributed by atoms with Gasteiger partial charge in [-0.2, -0.15) is 0 Å². The minimum Gasteiger partial charge on any atom is -0.391 e. The molecule has 6 nitrogen and oxygen atoms in total. The molecule has 1 aliphatic heterocycles. The number of hydrogen-bond acceptors (Lipinski definition) is 4. The molecule has 6 heteroatoms. The lowest BCUT2D eigenvalue weighted by Crippen LogP contribution is -2.35. The minimum absolute atomic E-state index is 0.107. The zero-order valence-corrected chi connectivity index (χ0v) is 15.5. The fourth-order valence-electron chi connectivity index (χ4n) is 3.51. The van der Waals surface area contributed by atoms with Crippen LogP contribution in [0.1, 0.15) is 48.8 Å². The van der Waals surface area contributed by atoms with Crippen LogP contribution in [0.15, 0.2) is 12.3 Å². The molecule has 0 aliphatic carbocycles. The average Bonchev–Trinajstić information content (AvgIpc) is 3.08. The highest BCUT2D eigenvalue weighted by atomic mass is 16.3. The Morgan fingerprint density at radius 2 is 2.00 bits per heavy atom. The predicted molar refractivity (Wildman–Crippen MR) is 95.7 cm³/mol. The Bertz CT molecular complexity index is 861. The minimum atomic E-state index is -0.554. The molecular weight excluding hydrogens is 318 g/mol. The van der Waals surface area contributed by atoms with Crippen LogP contribution in [0.2, 0.25) is 0 Å². The van der Waals surface area contributed by atoms with E-state index in [1.807, 2.05) is 20.0 Å². The van der Waals surface area contributed by atoms with Crippen molar-refractivity contribution in [3.05, 3.63) is 29.1 Å². The Hall–Kier alpha value is -2.21. The Kier molecular flexibility index (Phi) is 4.19. The molecule has 0 spiro atoms. The van der Waals surface area contributed by atoms with E-state index in [4.69, 9.17) is 0 Å². The second-order valence-corrected chi connectivity index (χ2v) is 7.92. The number of rotatable bonds is 2. The van der Waals surface area contributed by atoms with Gasteiger partial charge in [-0.25, -0.2) is 4.98 Å². The number of nitrogens with zero attached hydrogens (tertiary/aromatic N) is 3. The van der Waals surface area contributed by atoms with Crippen molar-refractivity contribution < 1.29 is 14.7 Å². The van der Waals surface area contributed by atoms with Gasteiger partial charge in [0, 0.05) is 37.4 Å². The van der Waals surface area contributed by atoms with Crippen molar-refractivity contribution in [2.45, 2.75) is 45.6 Å². The number of hydrogen-bond donors (Lipinski definition) is 1. The summed E-state index contributed by atoms with van der Waals surface area (Å²) >= 11 is 0. The van der Waals surface area contributed by atoms with E-state index in [1.54, 1.807) is 10.8 Å². The number of likely N-dealkylation sites (tertiary alicyclic amines) is 1. The smallest absolute Gasteiger partial charge is 0.295 e. The highest BCUT2D eigenvalue weighted by Crippen LogP contribution is 2.30. The van der Waals surface area contributed by atoms with Gasteiger partial charge in [0.25, 0.3) is 11.7 Å². The van der Waals surface area contributed by atoms with E-state index in [9.17, 15) is 14.7 Å². The molecular formula is C19H25N3O3. The number of aromatic nitrogens is 2. The van der Waals surface area contributed by atoms with Crippen molar-refractivity contribution in [3.8, 4) is 0 Å². The molecule has 1 amide bonds. The van der Waals surface area contributed by atoms with Crippen LogP contribution in [-0.4, -0.2) is 50.4 Å². The lowest BCUT2D eigenvalue weighted by Gasteiger charge is -2.21. The molecule has 25 heavy (non-hydrogen) atoms. The molecule has 1 saturated heterocycles. The lowest BCUT2D eigenvalue weighted by molar-refractivity contribution is -0.125. The van der Waals surface area contributed by atoms with Crippen molar-refractivity contribution in [3.63, 3.8) is 0 Å². The molecule has 1 N–H and O–H groups in total. The number of pyridine rings is 1. The first kappa shape index (κ1) is 17.6. The molecule has 2 aromatic rings. The third-order valence-corrected chi connectivity index (χ3v) is 4.84. The number of aliphatic hydroxyl groups is 1. The van der Waals surface area contributed by atoms with E-state index >= 15 is 0 Å². The normalized spacial score (nSPS) is 18.2. The summed E-state index contributed by atoms with van der Waals surface area (Å²) in [6, 6.07) is 1.98. The quantitative estimate of drug-likeness (QED) is 0.668. The van der Waals surface area contributed by atoms with Gasteiger partial charge in [0.1, 0.15) is 5.65 Å². The Balaban J connectivity index is 2.07. The van der Waals surface area contributed by atoms with Crippen LogP contribution in [0.3, 0.4) is 0 Å². The molecule has 3 heterocycles. The van der Waals surface area contributed by atoms with Crippen LogP contribution in [0.4, 0.5) is 0 Å². The van der Waals surface area contributed by atoms with Crippen LogP contribution < -0.4 is 0 Å². The summed E-state index contributed by atoms with van der Waals surface area (Å²) < 4.78 is 1.79. The number of aliphatic hydroxyl groups excluding tert-OH is 1. The fraction of sp³-hybridized carbons (Fsp3) is 0.526. The molecule has 2 aromatic heterocycles. The molecule has 0 bridgehead atoms. The Labute approximate surface area is 147 Å². The summed E-state index contributed by atoms with van der Waals surface area (Å²) in [7, 11) is 1.83. The summed E-state index contributed by atoms with van der Waals surface area (Å²) in [5.74, 6) is -1.09. The van der Waals surface area contributed by atoms with E-state index in [0.29, 0.717) is 29.6 Å². The fourth-order valence-corrected chi connectivity index (χ4v) is 3.51. The van der Waals surface area contributed by atoms with E-state index in [1.165, 1.54) is 4.90 Å². The number of carbonyl (C=O) groups is 2. The Morgan fingerprint density at radius 1 is 1.32 bits per heavy atom. The zero-order valence-electron chi connectivity index (χ0n) is 15.5. The number of carbonyl (C=O) groups excluding carboxylic acids is 2. The number of fused-ring (bicyclic) bond motifs is 1. The van der Waals surface area contributed by atoms with Crippen LogP contribution in [0, 0.1) is 6.92 Å². The summed E-state index contributed by atoms with van der Waals surface area (Å²) in [4.78, 5) is 31.4. The summed E-state index contributed by atoms with van der Waals surface area (Å²) in [6.45, 7) is 8.91. The number of aryl methyl sites for hydroxylation is 2. The third-order valence-electron chi connectivity index (χ3n) is 4.84. The Morgan fingerprint density at radius 3 is 2.56 bits per heavy atom. The molecule has 1 aliphatic rings. The van der Waals surface area contributed by atoms with E-state index < -0.39 is 17.8 Å². The molecule has 0 saturated carbocycles. The topological polar surface area (TPSA) is 75.4 Å². The summed E-state index contributed by atoms with van der Waals surface area (Å²) in [5.41, 5.74) is 2.95. The first-order chi connectivity index (χ1) is 11.6. The first-order valence-electron chi connectivity index (χ1n) is 8.58. The van der Waals surface area contributed by atoms with Crippen LogP contribution in [0.5, 0.6) is 0 Å². The molecule has 134 valence electrons. The SMILES string of the molecule is Cc1nc2c(cc1C(C)(C)C)c(C(=O)C(=O)N1CCC(O)C1)cn2C. The van der Waals surface area contributed by atoms with Gasteiger partial charge in [0.15, 0.2) is 0 Å². The second kappa shape index (κ2) is 5.95. The first-order valence-corrected chi connectivity index (χ1v) is 8.58. The maximum atomic E-state index is 12.8. The second-order valence-electron chi connectivity index (χ2n) is 7.92. The third kappa shape index (κ3) is 3.06. The monoisotopic (exact) mass is 343 g/mol. The van der Waals surface area contributed by atoms with Crippen molar-refractivity contribution >= 4 is 22.7 Å². The summed E-state index contributed by atoms with van der Waals surface area (Å²) in [6.07, 6.45) is 1.65. The zero-order chi connectivity index (χ0) is 18.5. The van der Waals surface area contributed by atoms with E-state index in [-0.39, 0.29) is 12.0 Å². The van der Waals surface area contributed by atoms with Gasteiger partial charge in [-0.3, -0.25) is 9.59 Å². The highest BCUT2D eigenvalue weighted by molar-refractivity contribution is 6.44. The standard InChI is InChI=1S/C19H25N3O3/c1-11-15(19(2,3)4)8-13-14(10-21(5)17(13)20-11)16(24)18(25)22-7-6-12(23)9-22/h8,10,12,23H,6-7,9H2,1-5H3. The molecule has 3 rings (SSSR count). The number of Topliss-reactive ketones (excluding diaryl/α,β-unsaturated/α-hetero) is 1. The molecule has 1 fully saturated rings. The van der Waals surface area contributed by atoms with Crippen LogP contribution >= 0.6 is 0 Å². The van der Waals surface area contributed by atoms with Gasteiger partial charge in [-0.1, -0.05) is 20.8 Å². The van der Waals surface area contributed by atoms with Crippen molar-refractivity contribution in [2.24, 2.45) is 7.05 Å². The maximum Gasteiger partial charge on any atom is 0.295 e. The number of amides is 1. The van der Waals surface area contributed by atoms with Crippen molar-refractivity contribution in [2.75, 3.05) is 13.1 Å². The highest BCUT2D eigenvalue weighted by Gasteiger charge is 2.31.